The molecule has 2 heterocycles. The van der Waals surface area contributed by atoms with Crippen molar-refractivity contribution in [2.45, 2.75) is 27.2 Å². The summed E-state index contributed by atoms with van der Waals surface area (Å²) in [4.78, 5) is 8.58. The molecule has 0 radical (unpaired) electrons. The van der Waals surface area contributed by atoms with Gasteiger partial charge in [-0.2, -0.15) is 10.2 Å². The van der Waals surface area contributed by atoms with Crippen LogP contribution < -0.4 is 0 Å². The highest BCUT2D eigenvalue weighted by Gasteiger charge is 2.14. The van der Waals surface area contributed by atoms with E-state index >= 15 is 0 Å². The van der Waals surface area contributed by atoms with Crippen LogP contribution in [-0.4, -0.2) is 15.1 Å². The number of hydrogen-bond acceptors (Lipinski definition) is 5. The summed E-state index contributed by atoms with van der Waals surface area (Å²) < 4.78 is 5.12. The van der Waals surface area contributed by atoms with Crippen LogP contribution in [0.3, 0.4) is 0 Å². The van der Waals surface area contributed by atoms with E-state index in [2.05, 4.69) is 21.2 Å². The number of hydrogen-bond donors (Lipinski definition) is 0. The lowest BCUT2D eigenvalue weighted by Crippen LogP contribution is -1.96. The molecule has 0 fully saturated rings. The Kier molecular flexibility index (Phi) is 3.38. The first kappa shape index (κ1) is 12.2. The zero-order chi connectivity index (χ0) is 13.1. The minimum atomic E-state index is -0.134. The Morgan fingerprint density at radius 3 is 2.89 bits per heavy atom. The normalized spacial score (nSPS) is 12.1. The van der Waals surface area contributed by atoms with E-state index in [0.29, 0.717) is 18.1 Å². The number of nitrogens with zero attached hydrogens (tertiary/aromatic N) is 4. The summed E-state index contributed by atoms with van der Waals surface area (Å²) in [5.41, 5.74) is 2.83. The monoisotopic (exact) mass is 242 g/mol. The minimum absolute atomic E-state index is 0.134. The second-order valence-electron chi connectivity index (χ2n) is 4.42. The first-order valence-corrected chi connectivity index (χ1v) is 5.76. The topological polar surface area (TPSA) is 75.6 Å². The third kappa shape index (κ3) is 2.54. The molecule has 0 aliphatic heterocycles. The number of aryl methyl sites for hydroxylation is 2. The quantitative estimate of drug-likeness (QED) is 0.826. The van der Waals surface area contributed by atoms with E-state index in [-0.39, 0.29) is 5.92 Å². The number of nitriles is 1. The van der Waals surface area contributed by atoms with Gasteiger partial charge in [0.1, 0.15) is 5.69 Å². The largest absolute Gasteiger partial charge is 0.339 e. The van der Waals surface area contributed by atoms with E-state index < -0.39 is 0 Å². The zero-order valence-corrected chi connectivity index (χ0v) is 10.6. The van der Waals surface area contributed by atoms with Gasteiger partial charge >= 0.3 is 0 Å². The van der Waals surface area contributed by atoms with Gasteiger partial charge in [-0.25, -0.2) is 0 Å². The maximum absolute atomic E-state index is 8.74. The molecule has 1 atom stereocenters. The molecule has 0 spiro atoms. The number of pyridine rings is 1. The maximum atomic E-state index is 8.74. The van der Waals surface area contributed by atoms with Crippen molar-refractivity contribution < 1.29 is 4.52 Å². The van der Waals surface area contributed by atoms with Gasteiger partial charge in [0, 0.05) is 12.6 Å². The molecule has 0 saturated heterocycles. The van der Waals surface area contributed by atoms with Crippen LogP contribution in [0, 0.1) is 31.1 Å². The molecule has 92 valence electrons. The van der Waals surface area contributed by atoms with Gasteiger partial charge in [0.2, 0.25) is 11.7 Å². The standard InChI is InChI=1S/C13H14N4O/c1-8(6-14)5-11-16-13(17-18-11)12-10(3)4-9(2)7-15-12/h4,7-8H,5H2,1-3H3. The molecule has 0 bridgehead atoms. The van der Waals surface area contributed by atoms with E-state index in [1.54, 1.807) is 6.20 Å². The third-order valence-electron chi connectivity index (χ3n) is 2.60. The molecule has 0 saturated carbocycles. The van der Waals surface area contributed by atoms with Crippen molar-refractivity contribution in [3.63, 3.8) is 0 Å². The first-order chi connectivity index (χ1) is 8.60. The van der Waals surface area contributed by atoms with Crippen molar-refractivity contribution in [1.82, 2.24) is 15.1 Å². The van der Waals surface area contributed by atoms with Gasteiger partial charge in [0.05, 0.1) is 12.0 Å². The molecule has 0 N–H and O–H groups in total. The van der Waals surface area contributed by atoms with Crippen LogP contribution in [0.4, 0.5) is 0 Å². The molecule has 0 aliphatic rings. The Labute approximate surface area is 105 Å². The van der Waals surface area contributed by atoms with Gasteiger partial charge in [-0.3, -0.25) is 4.98 Å². The summed E-state index contributed by atoms with van der Waals surface area (Å²) in [7, 11) is 0. The highest BCUT2D eigenvalue weighted by molar-refractivity contribution is 5.53. The number of aromatic nitrogens is 3. The van der Waals surface area contributed by atoms with Gasteiger partial charge in [-0.15, -0.1) is 0 Å². The molecule has 5 heteroatoms. The maximum Gasteiger partial charge on any atom is 0.228 e. The highest BCUT2D eigenvalue weighted by atomic mass is 16.5. The number of rotatable bonds is 3. The summed E-state index contributed by atoms with van der Waals surface area (Å²) in [5, 5.41) is 12.6. The third-order valence-corrected chi connectivity index (χ3v) is 2.60. The Balaban J connectivity index is 2.27. The van der Waals surface area contributed by atoms with E-state index in [1.807, 2.05) is 26.8 Å². The van der Waals surface area contributed by atoms with Crippen LogP contribution in [0.25, 0.3) is 11.5 Å². The average Bonchev–Trinajstić information content (AvgIpc) is 2.77. The van der Waals surface area contributed by atoms with Crippen LogP contribution in [0.15, 0.2) is 16.8 Å². The lowest BCUT2D eigenvalue weighted by atomic mass is 10.1. The Hall–Kier alpha value is -2.22. The smallest absolute Gasteiger partial charge is 0.228 e. The molecule has 2 rings (SSSR count). The van der Waals surface area contributed by atoms with Gasteiger partial charge in [0.25, 0.3) is 0 Å². The lowest BCUT2D eigenvalue weighted by Gasteiger charge is -2.00. The SMILES string of the molecule is Cc1cnc(-c2noc(CC(C)C#N)n2)c(C)c1. The predicted molar refractivity (Wildman–Crippen MR) is 65.5 cm³/mol. The van der Waals surface area contributed by atoms with Crippen LogP contribution in [0.5, 0.6) is 0 Å². The molecule has 0 amide bonds. The molecule has 5 nitrogen and oxygen atoms in total. The molecule has 0 aromatic carbocycles. The van der Waals surface area contributed by atoms with Crippen LogP contribution >= 0.6 is 0 Å². The summed E-state index contributed by atoms with van der Waals surface area (Å²) in [6.07, 6.45) is 2.24. The van der Waals surface area contributed by atoms with E-state index in [1.165, 1.54) is 0 Å². The van der Waals surface area contributed by atoms with Gasteiger partial charge in [-0.1, -0.05) is 11.2 Å². The van der Waals surface area contributed by atoms with Crippen molar-refractivity contribution in [3.8, 4) is 17.6 Å². The van der Waals surface area contributed by atoms with Crippen molar-refractivity contribution >= 4 is 0 Å². The Morgan fingerprint density at radius 2 is 2.22 bits per heavy atom. The molecule has 2 aromatic heterocycles. The fourth-order valence-electron chi connectivity index (χ4n) is 1.69. The lowest BCUT2D eigenvalue weighted by molar-refractivity contribution is 0.369. The van der Waals surface area contributed by atoms with Crippen LogP contribution in [0.2, 0.25) is 0 Å². The Morgan fingerprint density at radius 1 is 1.44 bits per heavy atom. The van der Waals surface area contributed by atoms with Gasteiger partial charge in [-0.05, 0) is 31.9 Å². The molecule has 2 aromatic rings. The summed E-state index contributed by atoms with van der Waals surface area (Å²) in [6, 6.07) is 4.16. The highest BCUT2D eigenvalue weighted by Crippen LogP contribution is 2.19. The van der Waals surface area contributed by atoms with Crippen LogP contribution in [-0.2, 0) is 6.42 Å². The molecule has 1 unspecified atom stereocenters. The molecular weight excluding hydrogens is 228 g/mol. The van der Waals surface area contributed by atoms with Crippen molar-refractivity contribution in [1.29, 1.82) is 5.26 Å². The van der Waals surface area contributed by atoms with Crippen molar-refractivity contribution in [2.75, 3.05) is 0 Å². The average molecular weight is 242 g/mol. The second-order valence-corrected chi connectivity index (χ2v) is 4.42. The fourth-order valence-corrected chi connectivity index (χ4v) is 1.69. The van der Waals surface area contributed by atoms with Crippen molar-refractivity contribution in [2.24, 2.45) is 5.92 Å². The molecule has 0 aliphatic carbocycles. The zero-order valence-electron chi connectivity index (χ0n) is 10.6. The van der Waals surface area contributed by atoms with E-state index in [0.717, 1.165) is 16.8 Å². The molecular formula is C13H14N4O. The first-order valence-electron chi connectivity index (χ1n) is 5.76. The van der Waals surface area contributed by atoms with Gasteiger partial charge < -0.3 is 4.52 Å². The van der Waals surface area contributed by atoms with E-state index in [4.69, 9.17) is 9.78 Å². The fraction of sp³-hybridized carbons (Fsp3) is 0.385. The summed E-state index contributed by atoms with van der Waals surface area (Å²) in [6.45, 7) is 5.77. The second kappa shape index (κ2) is 4.96. The summed E-state index contributed by atoms with van der Waals surface area (Å²) in [5.74, 6) is 0.818. The minimum Gasteiger partial charge on any atom is -0.339 e. The van der Waals surface area contributed by atoms with E-state index in [9.17, 15) is 0 Å². The predicted octanol–water partition coefficient (Wildman–Crippen LogP) is 2.45. The van der Waals surface area contributed by atoms with Gasteiger partial charge in [0.15, 0.2) is 0 Å². The Bertz CT molecular complexity index is 597. The van der Waals surface area contributed by atoms with Crippen molar-refractivity contribution in [3.05, 3.63) is 29.3 Å². The molecule has 18 heavy (non-hydrogen) atoms. The summed E-state index contributed by atoms with van der Waals surface area (Å²) >= 11 is 0. The van der Waals surface area contributed by atoms with Crippen LogP contribution in [0.1, 0.15) is 23.9 Å².